The van der Waals surface area contributed by atoms with Crippen molar-refractivity contribution in [1.29, 1.82) is 0 Å². The fourth-order valence-corrected chi connectivity index (χ4v) is 2.87. The molecule has 1 aromatic carbocycles. The minimum atomic E-state index is -1.83. The summed E-state index contributed by atoms with van der Waals surface area (Å²) >= 11 is 0. The Hall–Kier alpha value is -1.35. The van der Waals surface area contributed by atoms with Gasteiger partial charge in [-0.2, -0.15) is 0 Å². The van der Waals surface area contributed by atoms with Gasteiger partial charge in [0, 0.05) is 20.7 Å². The van der Waals surface area contributed by atoms with Crippen molar-refractivity contribution in [3.8, 4) is 5.75 Å². The SMILES string of the molecule is Cc1nc2ccc(OB(O)O)cc2n1COCC[Si](C)(C)C. The molecule has 6 nitrogen and oxygen atoms in total. The third-order valence-corrected chi connectivity index (χ3v) is 5.07. The number of benzene rings is 1. The first-order valence-corrected chi connectivity index (χ1v) is 11.0. The summed E-state index contributed by atoms with van der Waals surface area (Å²) in [5, 5.41) is 17.8. The average Bonchev–Trinajstić information content (AvgIpc) is 2.68. The van der Waals surface area contributed by atoms with Gasteiger partial charge in [0.25, 0.3) is 0 Å². The van der Waals surface area contributed by atoms with Gasteiger partial charge in [-0.1, -0.05) is 19.6 Å². The summed E-state index contributed by atoms with van der Waals surface area (Å²) < 4.78 is 12.6. The third-order valence-electron chi connectivity index (χ3n) is 3.37. The summed E-state index contributed by atoms with van der Waals surface area (Å²) in [6.07, 6.45) is 0. The zero-order valence-corrected chi connectivity index (χ0v) is 14.5. The summed E-state index contributed by atoms with van der Waals surface area (Å²) in [5.74, 6) is 1.23. The van der Waals surface area contributed by atoms with Crippen LogP contribution in [0.15, 0.2) is 18.2 Å². The molecule has 0 radical (unpaired) electrons. The zero-order valence-electron chi connectivity index (χ0n) is 13.5. The Labute approximate surface area is 131 Å². The van der Waals surface area contributed by atoms with E-state index in [1.807, 2.05) is 11.5 Å². The molecule has 8 heteroatoms. The fourth-order valence-electron chi connectivity index (χ4n) is 2.12. The molecule has 0 aliphatic heterocycles. The van der Waals surface area contributed by atoms with Gasteiger partial charge in [0.05, 0.1) is 11.0 Å². The van der Waals surface area contributed by atoms with Crippen molar-refractivity contribution in [3.63, 3.8) is 0 Å². The maximum Gasteiger partial charge on any atom is 0.707 e. The molecule has 0 amide bonds. The predicted molar refractivity (Wildman–Crippen MR) is 89.4 cm³/mol. The first kappa shape index (κ1) is 17.0. The Morgan fingerprint density at radius 3 is 2.64 bits per heavy atom. The normalized spacial score (nSPS) is 11.9. The molecule has 0 spiro atoms. The van der Waals surface area contributed by atoms with Crippen LogP contribution in [0, 0.1) is 6.92 Å². The quantitative estimate of drug-likeness (QED) is 0.602. The highest BCUT2D eigenvalue weighted by atomic mass is 28.3. The smallest absolute Gasteiger partial charge is 0.512 e. The monoisotopic (exact) mass is 322 g/mol. The Morgan fingerprint density at radius 2 is 2.00 bits per heavy atom. The van der Waals surface area contributed by atoms with E-state index < -0.39 is 15.4 Å². The second-order valence-corrected chi connectivity index (χ2v) is 12.2. The van der Waals surface area contributed by atoms with Gasteiger partial charge in [-0.05, 0) is 25.1 Å². The molecule has 1 heterocycles. The van der Waals surface area contributed by atoms with Crippen LogP contribution in [0.2, 0.25) is 25.7 Å². The van der Waals surface area contributed by atoms with Crippen LogP contribution < -0.4 is 4.65 Å². The van der Waals surface area contributed by atoms with Crippen molar-refractivity contribution in [3.05, 3.63) is 24.0 Å². The van der Waals surface area contributed by atoms with Gasteiger partial charge in [0.15, 0.2) is 0 Å². The molecule has 0 aliphatic rings. The third kappa shape index (κ3) is 4.57. The second kappa shape index (κ2) is 6.82. The summed E-state index contributed by atoms with van der Waals surface area (Å²) in [4.78, 5) is 4.47. The van der Waals surface area contributed by atoms with Gasteiger partial charge in [0.2, 0.25) is 0 Å². The summed E-state index contributed by atoms with van der Waals surface area (Å²) in [7, 11) is -2.93. The number of ether oxygens (including phenoxy) is 1. The lowest BCUT2D eigenvalue weighted by Gasteiger charge is -2.16. The van der Waals surface area contributed by atoms with E-state index in [4.69, 9.17) is 19.4 Å². The standard InChI is InChI=1S/C14H23BN2O4Si/c1-11-16-13-6-5-12(21-15(18)19)9-14(13)17(11)10-20-7-8-22(2,3)4/h5-6,9,18-19H,7-8,10H2,1-4H3. The Bertz CT molecular complexity index is 640. The molecule has 2 N–H and O–H groups in total. The maximum absolute atomic E-state index is 8.89. The number of hydrogen-bond acceptors (Lipinski definition) is 5. The van der Waals surface area contributed by atoms with Crippen molar-refractivity contribution < 1.29 is 19.4 Å². The van der Waals surface area contributed by atoms with Gasteiger partial charge in [-0.25, -0.2) is 4.98 Å². The van der Waals surface area contributed by atoms with Gasteiger partial charge < -0.3 is 24.0 Å². The molecule has 0 atom stereocenters. The van der Waals surface area contributed by atoms with E-state index in [0.717, 1.165) is 29.5 Å². The molecular weight excluding hydrogens is 299 g/mol. The lowest BCUT2D eigenvalue weighted by molar-refractivity contribution is 0.0885. The molecule has 2 rings (SSSR count). The molecule has 0 fully saturated rings. The van der Waals surface area contributed by atoms with E-state index in [1.54, 1.807) is 18.2 Å². The first-order chi connectivity index (χ1) is 10.3. The van der Waals surface area contributed by atoms with Crippen molar-refractivity contribution in [2.75, 3.05) is 6.61 Å². The highest BCUT2D eigenvalue weighted by Gasteiger charge is 2.15. The predicted octanol–water partition coefficient (Wildman–Crippen LogP) is 2.01. The molecule has 0 bridgehead atoms. The van der Waals surface area contributed by atoms with Crippen LogP contribution in [0.5, 0.6) is 5.75 Å². The highest BCUT2D eigenvalue weighted by molar-refractivity contribution is 6.76. The minimum absolute atomic E-state index is 0.380. The van der Waals surface area contributed by atoms with Gasteiger partial charge in [-0.3, -0.25) is 0 Å². The van der Waals surface area contributed by atoms with Crippen molar-refractivity contribution in [2.24, 2.45) is 0 Å². The van der Waals surface area contributed by atoms with Crippen molar-refractivity contribution in [1.82, 2.24) is 9.55 Å². The van der Waals surface area contributed by atoms with Crippen LogP contribution in [-0.2, 0) is 11.5 Å². The topological polar surface area (TPSA) is 76.7 Å². The molecular formula is C14H23BN2O4Si. The Kier molecular flexibility index (Phi) is 5.28. The van der Waals surface area contributed by atoms with Crippen LogP contribution in [0.3, 0.4) is 0 Å². The largest absolute Gasteiger partial charge is 0.707 e. The second-order valence-electron chi connectivity index (χ2n) is 6.53. The van der Waals surface area contributed by atoms with E-state index in [2.05, 4.69) is 24.6 Å². The Balaban J connectivity index is 2.12. The van der Waals surface area contributed by atoms with Crippen LogP contribution in [0.1, 0.15) is 5.82 Å². The summed E-state index contributed by atoms with van der Waals surface area (Å²) in [6, 6.07) is 6.30. The number of hydrogen-bond donors (Lipinski definition) is 2. The fraction of sp³-hybridized carbons (Fsp3) is 0.500. The Morgan fingerprint density at radius 1 is 1.27 bits per heavy atom. The number of imidazole rings is 1. The van der Waals surface area contributed by atoms with Gasteiger partial charge in [0.1, 0.15) is 18.3 Å². The minimum Gasteiger partial charge on any atom is -0.512 e. The lowest BCUT2D eigenvalue weighted by atomic mass is 10.2. The summed E-state index contributed by atoms with van der Waals surface area (Å²) in [5.41, 5.74) is 1.68. The zero-order chi connectivity index (χ0) is 16.3. The van der Waals surface area contributed by atoms with Gasteiger partial charge in [-0.15, -0.1) is 0 Å². The van der Waals surface area contributed by atoms with E-state index in [9.17, 15) is 0 Å². The molecule has 0 saturated carbocycles. The van der Waals surface area contributed by atoms with Crippen molar-refractivity contribution in [2.45, 2.75) is 39.3 Å². The molecule has 0 saturated heterocycles. The molecule has 120 valence electrons. The number of rotatable bonds is 7. The van der Waals surface area contributed by atoms with Crippen LogP contribution in [0.4, 0.5) is 0 Å². The first-order valence-electron chi connectivity index (χ1n) is 7.34. The van der Waals surface area contributed by atoms with Crippen LogP contribution >= 0.6 is 0 Å². The average molecular weight is 322 g/mol. The maximum atomic E-state index is 8.89. The molecule has 1 aromatic heterocycles. The van der Waals surface area contributed by atoms with E-state index in [-0.39, 0.29) is 0 Å². The van der Waals surface area contributed by atoms with Gasteiger partial charge >= 0.3 is 7.32 Å². The number of fused-ring (bicyclic) bond motifs is 1. The number of aryl methyl sites for hydroxylation is 1. The number of nitrogens with zero attached hydrogens (tertiary/aromatic N) is 2. The van der Waals surface area contributed by atoms with E-state index in [0.29, 0.717) is 12.5 Å². The summed E-state index contributed by atoms with van der Waals surface area (Å²) in [6.45, 7) is 10.0. The molecule has 0 unspecified atom stereocenters. The molecule has 0 aliphatic carbocycles. The molecule has 22 heavy (non-hydrogen) atoms. The van der Waals surface area contributed by atoms with Crippen molar-refractivity contribution >= 4 is 26.4 Å². The highest BCUT2D eigenvalue weighted by Crippen LogP contribution is 2.22. The molecule has 2 aromatic rings. The lowest BCUT2D eigenvalue weighted by Crippen LogP contribution is -2.22. The van der Waals surface area contributed by atoms with E-state index in [1.165, 1.54) is 0 Å². The van der Waals surface area contributed by atoms with Crippen LogP contribution in [-0.4, -0.2) is 41.6 Å². The van der Waals surface area contributed by atoms with Crippen LogP contribution in [0.25, 0.3) is 11.0 Å². The number of aromatic nitrogens is 2. The van der Waals surface area contributed by atoms with E-state index >= 15 is 0 Å².